The van der Waals surface area contributed by atoms with Crippen molar-refractivity contribution >= 4 is 5.96 Å². The summed E-state index contributed by atoms with van der Waals surface area (Å²) in [7, 11) is 5.86. The lowest BCUT2D eigenvalue weighted by Crippen LogP contribution is -2.42. The minimum atomic E-state index is 0.436. The summed E-state index contributed by atoms with van der Waals surface area (Å²) in [6.07, 6.45) is 9.32. The van der Waals surface area contributed by atoms with Gasteiger partial charge in [-0.1, -0.05) is 19.8 Å². The van der Waals surface area contributed by atoms with Crippen molar-refractivity contribution in [1.29, 1.82) is 0 Å². The molecule has 1 aliphatic rings. The Balaban J connectivity index is 1.87. The molecule has 5 heteroatoms. The van der Waals surface area contributed by atoms with Crippen LogP contribution in [-0.4, -0.2) is 41.3 Å². The molecule has 1 aromatic rings. The number of nitrogens with zero attached hydrogens (tertiary/aromatic N) is 4. The molecule has 0 amide bonds. The van der Waals surface area contributed by atoms with E-state index in [4.69, 9.17) is 0 Å². The summed E-state index contributed by atoms with van der Waals surface area (Å²) in [5.41, 5.74) is 1.63. The van der Waals surface area contributed by atoms with E-state index >= 15 is 0 Å². The highest BCUT2D eigenvalue weighted by atomic mass is 15.3. The van der Waals surface area contributed by atoms with Crippen molar-refractivity contribution < 1.29 is 0 Å². The fraction of sp³-hybridized carbons (Fsp3) is 0.733. The van der Waals surface area contributed by atoms with Crippen molar-refractivity contribution in [2.45, 2.75) is 39.2 Å². The third kappa shape index (κ3) is 3.74. The SMILES string of the molecule is CN=C(NCC1(C)CCCC1)N(C)Cc1cnn(C)c1. The summed E-state index contributed by atoms with van der Waals surface area (Å²) in [6.45, 7) is 4.21. The lowest BCUT2D eigenvalue weighted by Gasteiger charge is -2.28. The quantitative estimate of drug-likeness (QED) is 0.676. The molecule has 2 rings (SSSR count). The Kier molecular flexibility index (Phi) is 4.68. The van der Waals surface area contributed by atoms with Gasteiger partial charge in [0.25, 0.3) is 0 Å². The van der Waals surface area contributed by atoms with E-state index in [1.807, 2.05) is 31.2 Å². The second-order valence-electron chi connectivity index (χ2n) is 6.30. The van der Waals surface area contributed by atoms with E-state index in [1.54, 1.807) is 0 Å². The molecule has 20 heavy (non-hydrogen) atoms. The van der Waals surface area contributed by atoms with Gasteiger partial charge in [-0.25, -0.2) is 0 Å². The second-order valence-corrected chi connectivity index (χ2v) is 6.30. The van der Waals surface area contributed by atoms with Gasteiger partial charge in [0.1, 0.15) is 0 Å². The Bertz CT molecular complexity index is 457. The Morgan fingerprint density at radius 3 is 2.75 bits per heavy atom. The Labute approximate surface area is 122 Å². The minimum Gasteiger partial charge on any atom is -0.356 e. The molecular weight excluding hydrogens is 250 g/mol. The predicted octanol–water partition coefficient (Wildman–Crippen LogP) is 2.01. The minimum absolute atomic E-state index is 0.436. The first kappa shape index (κ1) is 14.9. The third-order valence-corrected chi connectivity index (χ3v) is 4.24. The zero-order chi connectivity index (χ0) is 14.6. The first-order valence-corrected chi connectivity index (χ1v) is 7.42. The number of aryl methyl sites for hydroxylation is 1. The largest absolute Gasteiger partial charge is 0.356 e. The van der Waals surface area contributed by atoms with Crippen molar-refractivity contribution in [3.05, 3.63) is 18.0 Å². The molecule has 0 saturated heterocycles. The van der Waals surface area contributed by atoms with E-state index in [0.29, 0.717) is 5.41 Å². The third-order valence-electron chi connectivity index (χ3n) is 4.24. The molecule has 0 unspecified atom stereocenters. The number of aromatic nitrogens is 2. The van der Waals surface area contributed by atoms with Crippen LogP contribution < -0.4 is 5.32 Å². The lowest BCUT2D eigenvalue weighted by atomic mass is 9.89. The summed E-state index contributed by atoms with van der Waals surface area (Å²) < 4.78 is 1.83. The van der Waals surface area contributed by atoms with Gasteiger partial charge in [0.2, 0.25) is 0 Å². The van der Waals surface area contributed by atoms with Gasteiger partial charge in [-0.05, 0) is 18.3 Å². The number of hydrogen-bond acceptors (Lipinski definition) is 2. The van der Waals surface area contributed by atoms with Crippen molar-refractivity contribution in [2.24, 2.45) is 17.5 Å². The Morgan fingerprint density at radius 2 is 2.20 bits per heavy atom. The van der Waals surface area contributed by atoms with Crippen molar-refractivity contribution in [1.82, 2.24) is 20.0 Å². The van der Waals surface area contributed by atoms with E-state index < -0.39 is 0 Å². The molecular formula is C15H27N5. The molecule has 5 nitrogen and oxygen atoms in total. The Hall–Kier alpha value is -1.52. The van der Waals surface area contributed by atoms with Crippen molar-refractivity contribution in [2.75, 3.05) is 20.6 Å². The molecule has 0 atom stereocenters. The highest BCUT2D eigenvalue weighted by molar-refractivity contribution is 5.79. The van der Waals surface area contributed by atoms with Crippen LogP contribution >= 0.6 is 0 Å². The van der Waals surface area contributed by atoms with Crippen LogP contribution in [0.1, 0.15) is 38.2 Å². The average Bonchev–Trinajstić information content (AvgIpc) is 3.00. The smallest absolute Gasteiger partial charge is 0.193 e. The molecule has 0 aliphatic heterocycles. The van der Waals surface area contributed by atoms with Gasteiger partial charge in [-0.2, -0.15) is 5.10 Å². The van der Waals surface area contributed by atoms with E-state index in [0.717, 1.165) is 19.0 Å². The molecule has 1 saturated carbocycles. The molecule has 0 bridgehead atoms. The van der Waals surface area contributed by atoms with E-state index in [1.165, 1.54) is 31.2 Å². The molecule has 1 fully saturated rings. The highest BCUT2D eigenvalue weighted by Gasteiger charge is 2.28. The fourth-order valence-electron chi connectivity index (χ4n) is 2.98. The molecule has 1 aliphatic carbocycles. The van der Waals surface area contributed by atoms with Gasteiger partial charge in [-0.15, -0.1) is 0 Å². The van der Waals surface area contributed by atoms with Crippen LogP contribution in [0.25, 0.3) is 0 Å². The van der Waals surface area contributed by atoms with Gasteiger partial charge < -0.3 is 10.2 Å². The standard InChI is InChI=1S/C15H27N5/c1-15(7-5-6-8-15)12-17-14(16-2)19(3)10-13-9-18-20(4)11-13/h9,11H,5-8,10,12H2,1-4H3,(H,16,17). The normalized spacial score (nSPS) is 18.3. The molecule has 0 aromatic carbocycles. The van der Waals surface area contributed by atoms with E-state index in [9.17, 15) is 0 Å². The topological polar surface area (TPSA) is 45.5 Å². The summed E-state index contributed by atoms with van der Waals surface area (Å²) in [5.74, 6) is 0.960. The monoisotopic (exact) mass is 277 g/mol. The maximum atomic E-state index is 4.39. The van der Waals surface area contributed by atoms with Crippen LogP contribution in [0.5, 0.6) is 0 Å². The van der Waals surface area contributed by atoms with Crippen LogP contribution in [0.3, 0.4) is 0 Å². The number of hydrogen-bond donors (Lipinski definition) is 1. The molecule has 0 radical (unpaired) electrons. The molecule has 0 spiro atoms. The van der Waals surface area contributed by atoms with Gasteiger partial charge >= 0.3 is 0 Å². The predicted molar refractivity (Wildman–Crippen MR) is 82.6 cm³/mol. The maximum Gasteiger partial charge on any atom is 0.193 e. The number of guanidine groups is 1. The molecule has 1 N–H and O–H groups in total. The van der Waals surface area contributed by atoms with Crippen molar-refractivity contribution in [3.8, 4) is 0 Å². The van der Waals surface area contributed by atoms with Crippen LogP contribution in [-0.2, 0) is 13.6 Å². The van der Waals surface area contributed by atoms with Gasteiger partial charge in [-0.3, -0.25) is 9.67 Å². The maximum absolute atomic E-state index is 4.39. The van der Waals surface area contributed by atoms with Crippen LogP contribution in [0.4, 0.5) is 0 Å². The lowest BCUT2D eigenvalue weighted by molar-refractivity contribution is 0.327. The van der Waals surface area contributed by atoms with Gasteiger partial charge in [0.15, 0.2) is 5.96 Å². The first-order chi connectivity index (χ1) is 9.52. The average molecular weight is 277 g/mol. The van der Waals surface area contributed by atoms with Crippen molar-refractivity contribution in [3.63, 3.8) is 0 Å². The summed E-state index contributed by atoms with van der Waals surface area (Å²) >= 11 is 0. The van der Waals surface area contributed by atoms with Crippen LogP contribution in [0, 0.1) is 5.41 Å². The van der Waals surface area contributed by atoms with Crippen LogP contribution in [0.2, 0.25) is 0 Å². The summed E-state index contributed by atoms with van der Waals surface area (Å²) in [4.78, 5) is 6.54. The summed E-state index contributed by atoms with van der Waals surface area (Å²) in [6, 6.07) is 0. The zero-order valence-electron chi connectivity index (χ0n) is 13.2. The van der Waals surface area contributed by atoms with Gasteiger partial charge in [0, 0.05) is 46.0 Å². The van der Waals surface area contributed by atoms with Gasteiger partial charge in [0.05, 0.1) is 6.20 Å². The molecule has 1 heterocycles. The van der Waals surface area contributed by atoms with Crippen LogP contribution in [0.15, 0.2) is 17.4 Å². The summed E-state index contributed by atoms with van der Waals surface area (Å²) in [5, 5.41) is 7.73. The second kappa shape index (κ2) is 6.29. The van der Waals surface area contributed by atoms with E-state index in [-0.39, 0.29) is 0 Å². The number of nitrogens with one attached hydrogen (secondary N) is 1. The molecule has 1 aromatic heterocycles. The number of rotatable bonds is 4. The van der Waals surface area contributed by atoms with E-state index in [2.05, 4.69) is 34.3 Å². The Morgan fingerprint density at radius 1 is 1.50 bits per heavy atom. The zero-order valence-corrected chi connectivity index (χ0v) is 13.2. The highest BCUT2D eigenvalue weighted by Crippen LogP contribution is 2.36. The first-order valence-electron chi connectivity index (χ1n) is 7.42. The molecule has 112 valence electrons. The fourth-order valence-corrected chi connectivity index (χ4v) is 2.98. The number of aliphatic imine (C=N–C) groups is 1.